The Hall–Kier alpha value is -3.67. The predicted molar refractivity (Wildman–Crippen MR) is 353 cm³/mol. The van der Waals surface area contributed by atoms with Gasteiger partial charge >= 0.3 is 17.9 Å². The van der Waals surface area contributed by atoms with Crippen molar-refractivity contribution < 1.29 is 28.6 Å². The van der Waals surface area contributed by atoms with Crippen molar-refractivity contribution in [3.63, 3.8) is 0 Å². The zero-order chi connectivity index (χ0) is 58.5. The molecule has 0 aromatic heterocycles. The Morgan fingerprint density at radius 3 is 0.877 bits per heavy atom. The van der Waals surface area contributed by atoms with Gasteiger partial charge in [-0.15, -0.1) is 0 Å². The normalized spacial score (nSPS) is 12.7. The minimum atomic E-state index is -0.838. The summed E-state index contributed by atoms with van der Waals surface area (Å²) in [5.41, 5.74) is 0. The summed E-state index contributed by atoms with van der Waals surface area (Å²) in [5, 5.41) is 0. The van der Waals surface area contributed by atoms with Crippen molar-refractivity contribution in [2.45, 2.75) is 348 Å². The standard InChI is InChI=1S/C75H130O6/c1-4-7-10-13-16-19-22-25-27-28-29-30-31-32-33-34-35-36-37-38-39-40-41-42-43-44-45-46-48-50-53-56-59-62-65-68-74(77)80-71-72(70-79-73(76)67-64-61-58-55-52-49-24-21-18-15-12-9-6-3)81-75(78)69-66-63-60-57-54-51-47-26-23-20-17-14-11-8-5-2/h8,11-12,15,17,20-21,24,26,28-29,47,54,57,63,66,72H,4-7,9-10,13-14,16,18-19,22-23,25,27,30-46,48-53,55-56,58-62,64-65,67-71H2,1-3H3/b11-8-,15-12-,20-17-,24-21-,29-28-,47-26-,57-54-,66-63-. The van der Waals surface area contributed by atoms with Gasteiger partial charge in [-0.2, -0.15) is 0 Å². The fourth-order valence-electron chi connectivity index (χ4n) is 9.91. The molecular formula is C75H130O6. The average molecular weight is 1130 g/mol. The van der Waals surface area contributed by atoms with E-state index in [-0.39, 0.29) is 31.6 Å². The zero-order valence-corrected chi connectivity index (χ0v) is 53.5. The first-order valence-corrected chi connectivity index (χ1v) is 34.7. The quantitative estimate of drug-likeness (QED) is 0.0261. The molecule has 0 radical (unpaired) electrons. The lowest BCUT2D eigenvalue weighted by Gasteiger charge is -2.18. The van der Waals surface area contributed by atoms with E-state index in [2.05, 4.69) is 106 Å². The highest BCUT2D eigenvalue weighted by atomic mass is 16.6. The number of unbranched alkanes of at least 4 members (excludes halogenated alkanes) is 37. The molecule has 0 bridgehead atoms. The van der Waals surface area contributed by atoms with Crippen molar-refractivity contribution >= 4 is 17.9 Å². The lowest BCUT2D eigenvalue weighted by molar-refractivity contribution is -0.166. The Morgan fingerprint density at radius 2 is 0.543 bits per heavy atom. The molecule has 0 aliphatic heterocycles. The van der Waals surface area contributed by atoms with Gasteiger partial charge in [0.25, 0.3) is 0 Å². The summed E-state index contributed by atoms with van der Waals surface area (Å²) >= 11 is 0. The topological polar surface area (TPSA) is 78.9 Å². The Labute approximate surface area is 502 Å². The smallest absolute Gasteiger partial charge is 0.310 e. The van der Waals surface area contributed by atoms with Crippen LogP contribution >= 0.6 is 0 Å². The Bertz CT molecular complexity index is 1580. The van der Waals surface area contributed by atoms with E-state index in [0.717, 1.165) is 103 Å². The molecule has 1 atom stereocenters. The van der Waals surface area contributed by atoms with E-state index in [9.17, 15) is 14.4 Å². The van der Waals surface area contributed by atoms with Crippen LogP contribution in [0.1, 0.15) is 342 Å². The van der Waals surface area contributed by atoms with Gasteiger partial charge < -0.3 is 14.2 Å². The largest absolute Gasteiger partial charge is 0.462 e. The van der Waals surface area contributed by atoms with Crippen LogP contribution in [-0.4, -0.2) is 37.2 Å². The average Bonchev–Trinajstić information content (AvgIpc) is 3.46. The molecule has 0 heterocycles. The van der Waals surface area contributed by atoms with Gasteiger partial charge in [0.1, 0.15) is 13.2 Å². The lowest BCUT2D eigenvalue weighted by Crippen LogP contribution is -2.30. The number of rotatable bonds is 63. The molecule has 0 aromatic carbocycles. The second-order valence-corrected chi connectivity index (χ2v) is 23.1. The molecule has 6 heteroatoms. The van der Waals surface area contributed by atoms with Gasteiger partial charge in [0, 0.05) is 12.8 Å². The van der Waals surface area contributed by atoms with Gasteiger partial charge in [-0.25, -0.2) is 0 Å². The summed E-state index contributed by atoms with van der Waals surface area (Å²) in [6, 6.07) is 0. The summed E-state index contributed by atoms with van der Waals surface area (Å²) in [6.45, 7) is 6.39. The highest BCUT2D eigenvalue weighted by Gasteiger charge is 2.19. The molecule has 0 aliphatic rings. The fourth-order valence-corrected chi connectivity index (χ4v) is 9.91. The molecule has 0 spiro atoms. The van der Waals surface area contributed by atoms with E-state index < -0.39 is 12.1 Å². The number of hydrogen-bond donors (Lipinski definition) is 0. The van der Waals surface area contributed by atoms with Gasteiger partial charge in [0.05, 0.1) is 6.42 Å². The SMILES string of the molecule is CC/C=C\C/C=C\C/C=C\C/C=C\C/C=C\CC(=O)OC(COC(=O)CCCCCCC/C=C\C/C=C\CCC)COC(=O)CCCCCCCCCCCCCCCCCCCCCCCCC/C=C\CCCCCCCCCC. The predicted octanol–water partition coefficient (Wildman–Crippen LogP) is 24.0. The molecule has 1 unspecified atom stereocenters. The maximum atomic E-state index is 12.8. The highest BCUT2D eigenvalue weighted by molar-refractivity contribution is 5.72. The molecule has 0 aliphatic carbocycles. The molecule has 0 fully saturated rings. The summed E-state index contributed by atoms with van der Waals surface area (Å²) in [4.78, 5) is 38.2. The molecule has 0 aromatic rings. The van der Waals surface area contributed by atoms with Crippen LogP contribution in [-0.2, 0) is 28.6 Å². The third kappa shape index (κ3) is 67.0. The van der Waals surface area contributed by atoms with Crippen molar-refractivity contribution in [3.05, 3.63) is 97.2 Å². The lowest BCUT2D eigenvalue weighted by atomic mass is 10.0. The third-order valence-electron chi connectivity index (χ3n) is 15.1. The number of ether oxygens (including phenoxy) is 3. The molecule has 0 saturated carbocycles. The number of carbonyl (C=O) groups excluding carboxylic acids is 3. The summed E-state index contributed by atoms with van der Waals surface area (Å²) in [6.07, 6.45) is 93.5. The zero-order valence-electron chi connectivity index (χ0n) is 53.5. The van der Waals surface area contributed by atoms with Crippen LogP contribution in [0.5, 0.6) is 0 Å². The second-order valence-electron chi connectivity index (χ2n) is 23.1. The summed E-state index contributed by atoms with van der Waals surface area (Å²) < 4.78 is 16.8. The monoisotopic (exact) mass is 1130 g/mol. The first kappa shape index (κ1) is 77.3. The number of hydrogen-bond acceptors (Lipinski definition) is 6. The third-order valence-corrected chi connectivity index (χ3v) is 15.1. The van der Waals surface area contributed by atoms with Gasteiger partial charge in [-0.3, -0.25) is 14.4 Å². The Morgan fingerprint density at radius 1 is 0.272 bits per heavy atom. The van der Waals surface area contributed by atoms with E-state index >= 15 is 0 Å². The molecular weight excluding hydrogens is 997 g/mol. The van der Waals surface area contributed by atoms with Crippen molar-refractivity contribution in [3.8, 4) is 0 Å². The van der Waals surface area contributed by atoms with Crippen molar-refractivity contribution in [1.29, 1.82) is 0 Å². The maximum Gasteiger partial charge on any atom is 0.310 e. The minimum Gasteiger partial charge on any atom is -0.462 e. The van der Waals surface area contributed by atoms with Crippen LogP contribution in [0.2, 0.25) is 0 Å². The van der Waals surface area contributed by atoms with Gasteiger partial charge in [-0.1, -0.05) is 323 Å². The number of carbonyl (C=O) groups is 3. The van der Waals surface area contributed by atoms with Crippen molar-refractivity contribution in [2.75, 3.05) is 13.2 Å². The molecule has 6 nitrogen and oxygen atoms in total. The van der Waals surface area contributed by atoms with E-state index in [1.807, 2.05) is 6.08 Å². The van der Waals surface area contributed by atoms with Crippen molar-refractivity contribution in [2.24, 2.45) is 0 Å². The minimum absolute atomic E-state index is 0.0938. The fraction of sp³-hybridized carbons (Fsp3) is 0.747. The van der Waals surface area contributed by atoms with Crippen LogP contribution in [0, 0.1) is 0 Å². The van der Waals surface area contributed by atoms with Crippen LogP contribution < -0.4 is 0 Å². The first-order valence-electron chi connectivity index (χ1n) is 34.7. The van der Waals surface area contributed by atoms with E-state index in [4.69, 9.17) is 14.2 Å². The molecule has 0 rings (SSSR count). The second kappa shape index (κ2) is 68.8. The van der Waals surface area contributed by atoms with Crippen LogP contribution in [0.3, 0.4) is 0 Å². The van der Waals surface area contributed by atoms with Crippen LogP contribution in [0.4, 0.5) is 0 Å². The van der Waals surface area contributed by atoms with E-state index in [0.29, 0.717) is 12.8 Å². The van der Waals surface area contributed by atoms with Crippen molar-refractivity contribution in [1.82, 2.24) is 0 Å². The molecule has 0 amide bonds. The van der Waals surface area contributed by atoms with Gasteiger partial charge in [0.15, 0.2) is 6.10 Å². The summed E-state index contributed by atoms with van der Waals surface area (Å²) in [7, 11) is 0. The molecule has 0 saturated heterocycles. The number of allylic oxidation sites excluding steroid dienone is 15. The molecule has 466 valence electrons. The van der Waals surface area contributed by atoms with Crippen LogP contribution in [0.15, 0.2) is 97.2 Å². The van der Waals surface area contributed by atoms with Gasteiger partial charge in [-0.05, 0) is 96.3 Å². The summed E-state index contributed by atoms with van der Waals surface area (Å²) in [5.74, 6) is -1.05. The Balaban J connectivity index is 4.13. The molecule has 81 heavy (non-hydrogen) atoms. The number of esters is 3. The first-order chi connectivity index (χ1) is 40.0. The van der Waals surface area contributed by atoms with E-state index in [1.165, 1.54) is 199 Å². The van der Waals surface area contributed by atoms with Gasteiger partial charge in [0.2, 0.25) is 0 Å². The maximum absolute atomic E-state index is 12.8. The highest BCUT2D eigenvalue weighted by Crippen LogP contribution is 2.18. The molecule has 0 N–H and O–H groups in total. The Kier molecular flexibility index (Phi) is 65.7. The van der Waals surface area contributed by atoms with E-state index in [1.54, 1.807) is 6.08 Å². The van der Waals surface area contributed by atoms with Crippen LogP contribution in [0.25, 0.3) is 0 Å².